The summed E-state index contributed by atoms with van der Waals surface area (Å²) in [4.78, 5) is 34.4. The van der Waals surface area contributed by atoms with Crippen molar-refractivity contribution >= 4 is 17.6 Å². The van der Waals surface area contributed by atoms with Gasteiger partial charge >= 0.3 is 5.97 Å². The first kappa shape index (κ1) is 17.5. The minimum Gasteiger partial charge on any atom is -0.480 e. The van der Waals surface area contributed by atoms with Gasteiger partial charge in [0, 0.05) is 12.1 Å². The molecule has 0 radical (unpaired) electrons. The highest BCUT2D eigenvalue weighted by Gasteiger charge is 2.41. The van der Waals surface area contributed by atoms with Gasteiger partial charge < -0.3 is 10.4 Å². The van der Waals surface area contributed by atoms with E-state index in [1.165, 1.54) is 29.1 Å². The topological polar surface area (TPSA) is 140 Å². The number of nitro groups is 1. The lowest BCUT2D eigenvalue weighted by molar-refractivity contribution is -0.384. The van der Waals surface area contributed by atoms with E-state index < -0.39 is 22.3 Å². The fourth-order valence-electron chi connectivity index (χ4n) is 3.07. The van der Waals surface area contributed by atoms with Gasteiger partial charge in [0.1, 0.15) is 5.54 Å². The molecule has 136 valence electrons. The van der Waals surface area contributed by atoms with Gasteiger partial charge in [-0.05, 0) is 18.9 Å². The van der Waals surface area contributed by atoms with Crippen LogP contribution in [0.1, 0.15) is 42.6 Å². The van der Waals surface area contributed by atoms with E-state index in [0.717, 1.165) is 19.3 Å². The number of non-ortho nitro benzene ring substituents is 1. The molecule has 2 aromatic rings. The lowest BCUT2D eigenvalue weighted by atomic mass is 9.81. The van der Waals surface area contributed by atoms with Gasteiger partial charge in [-0.15, -0.1) is 5.10 Å². The Morgan fingerprint density at radius 1 is 1.27 bits per heavy atom. The van der Waals surface area contributed by atoms with Crippen molar-refractivity contribution in [3.63, 3.8) is 0 Å². The molecule has 0 saturated heterocycles. The summed E-state index contributed by atoms with van der Waals surface area (Å²) in [6.07, 6.45) is 4.45. The zero-order valence-corrected chi connectivity index (χ0v) is 13.8. The maximum absolute atomic E-state index is 12.4. The third-order valence-corrected chi connectivity index (χ3v) is 4.50. The number of nitrogens with zero attached hydrogens (tertiary/aromatic N) is 4. The number of nitro benzene ring substituents is 1. The average Bonchev–Trinajstić information content (AvgIpc) is 3.13. The van der Waals surface area contributed by atoms with E-state index in [1.54, 1.807) is 6.07 Å². The van der Waals surface area contributed by atoms with Crippen LogP contribution in [0, 0.1) is 10.1 Å². The maximum atomic E-state index is 12.4. The third kappa shape index (κ3) is 3.39. The van der Waals surface area contributed by atoms with Crippen molar-refractivity contribution in [2.75, 3.05) is 0 Å². The molecule has 1 aromatic carbocycles. The van der Waals surface area contributed by atoms with Crippen LogP contribution < -0.4 is 5.32 Å². The van der Waals surface area contributed by atoms with Gasteiger partial charge in [0.15, 0.2) is 5.69 Å². The summed E-state index contributed by atoms with van der Waals surface area (Å²) >= 11 is 0. The van der Waals surface area contributed by atoms with E-state index in [-0.39, 0.29) is 11.4 Å². The molecular formula is C16H17N5O5. The molecule has 2 N–H and O–H groups in total. The first-order chi connectivity index (χ1) is 12.4. The van der Waals surface area contributed by atoms with E-state index in [1.807, 2.05) is 0 Å². The van der Waals surface area contributed by atoms with Crippen molar-refractivity contribution in [3.05, 3.63) is 46.3 Å². The van der Waals surface area contributed by atoms with Crippen LogP contribution in [0.2, 0.25) is 0 Å². The first-order valence-electron chi connectivity index (χ1n) is 8.14. The Balaban J connectivity index is 1.81. The van der Waals surface area contributed by atoms with E-state index in [4.69, 9.17) is 0 Å². The zero-order chi connectivity index (χ0) is 18.7. The van der Waals surface area contributed by atoms with E-state index in [2.05, 4.69) is 15.6 Å². The Bertz CT molecular complexity index is 856. The van der Waals surface area contributed by atoms with Gasteiger partial charge in [-0.3, -0.25) is 14.9 Å². The molecule has 26 heavy (non-hydrogen) atoms. The van der Waals surface area contributed by atoms with Crippen LogP contribution in [0.3, 0.4) is 0 Å². The number of rotatable bonds is 5. The van der Waals surface area contributed by atoms with E-state index in [0.29, 0.717) is 18.5 Å². The molecule has 1 heterocycles. The summed E-state index contributed by atoms with van der Waals surface area (Å²) in [6, 6.07) is 5.73. The van der Waals surface area contributed by atoms with Crippen molar-refractivity contribution in [1.82, 2.24) is 20.3 Å². The molecule has 1 amide bonds. The fraction of sp³-hybridized carbons (Fsp3) is 0.375. The molecular weight excluding hydrogens is 342 g/mol. The number of carbonyl (C=O) groups is 2. The summed E-state index contributed by atoms with van der Waals surface area (Å²) < 4.78 is 1.23. The van der Waals surface area contributed by atoms with Crippen LogP contribution >= 0.6 is 0 Å². The summed E-state index contributed by atoms with van der Waals surface area (Å²) in [5.74, 6) is -1.69. The normalized spacial score (nSPS) is 16.0. The van der Waals surface area contributed by atoms with Crippen molar-refractivity contribution in [2.45, 2.75) is 37.6 Å². The molecule has 0 atom stereocenters. The summed E-state index contributed by atoms with van der Waals surface area (Å²) in [5, 5.41) is 30.5. The minimum atomic E-state index is -1.29. The van der Waals surface area contributed by atoms with Crippen LogP contribution in [0.25, 0.3) is 5.69 Å². The quantitative estimate of drug-likeness (QED) is 0.611. The largest absolute Gasteiger partial charge is 0.480 e. The lowest BCUT2D eigenvalue weighted by Crippen LogP contribution is -2.55. The third-order valence-electron chi connectivity index (χ3n) is 4.50. The molecule has 0 unspecified atom stereocenters. The second-order valence-electron chi connectivity index (χ2n) is 6.23. The number of carbonyl (C=O) groups excluding carboxylic acids is 1. The highest BCUT2D eigenvalue weighted by Crippen LogP contribution is 2.28. The Morgan fingerprint density at radius 3 is 2.65 bits per heavy atom. The van der Waals surface area contributed by atoms with Crippen molar-refractivity contribution in [3.8, 4) is 5.69 Å². The molecule has 1 aromatic heterocycles. The van der Waals surface area contributed by atoms with Gasteiger partial charge in [0.05, 0.1) is 16.8 Å². The molecule has 1 fully saturated rings. The average molecular weight is 359 g/mol. The number of benzene rings is 1. The summed E-state index contributed by atoms with van der Waals surface area (Å²) in [5.41, 5.74) is -1.08. The van der Waals surface area contributed by atoms with Crippen LogP contribution in [0.5, 0.6) is 0 Å². The van der Waals surface area contributed by atoms with Crippen molar-refractivity contribution in [1.29, 1.82) is 0 Å². The summed E-state index contributed by atoms with van der Waals surface area (Å²) in [6.45, 7) is 0. The highest BCUT2D eigenvalue weighted by molar-refractivity contribution is 5.96. The number of nitrogens with one attached hydrogen (secondary N) is 1. The molecule has 0 spiro atoms. The number of aromatic nitrogens is 3. The van der Waals surface area contributed by atoms with E-state index >= 15 is 0 Å². The monoisotopic (exact) mass is 359 g/mol. The van der Waals surface area contributed by atoms with Crippen molar-refractivity contribution in [2.24, 2.45) is 0 Å². The molecule has 0 bridgehead atoms. The summed E-state index contributed by atoms with van der Waals surface area (Å²) in [7, 11) is 0. The fourth-order valence-corrected chi connectivity index (χ4v) is 3.07. The number of amides is 1. The molecule has 1 aliphatic rings. The molecule has 0 aliphatic heterocycles. The predicted octanol–water partition coefficient (Wildman–Crippen LogP) is 1.69. The van der Waals surface area contributed by atoms with Crippen LogP contribution in [-0.2, 0) is 4.79 Å². The number of carboxylic acids is 1. The highest BCUT2D eigenvalue weighted by atomic mass is 16.6. The van der Waals surface area contributed by atoms with Crippen LogP contribution in [0.4, 0.5) is 5.69 Å². The number of hydrogen-bond acceptors (Lipinski definition) is 6. The predicted molar refractivity (Wildman–Crippen MR) is 88.9 cm³/mol. The minimum absolute atomic E-state index is 0.0531. The Morgan fingerprint density at radius 2 is 2.00 bits per heavy atom. The second-order valence-corrected chi connectivity index (χ2v) is 6.23. The number of hydrogen-bond donors (Lipinski definition) is 2. The van der Waals surface area contributed by atoms with Gasteiger partial charge in [-0.25, -0.2) is 9.48 Å². The lowest BCUT2D eigenvalue weighted by Gasteiger charge is -2.33. The maximum Gasteiger partial charge on any atom is 0.329 e. The van der Waals surface area contributed by atoms with Crippen LogP contribution in [0.15, 0.2) is 30.5 Å². The van der Waals surface area contributed by atoms with Gasteiger partial charge in [-0.1, -0.05) is 30.5 Å². The van der Waals surface area contributed by atoms with Crippen molar-refractivity contribution < 1.29 is 19.6 Å². The SMILES string of the molecule is O=C(NC1(C(=O)O)CCCCC1)c1cn(-c2cccc([N+](=O)[O-])c2)nn1. The van der Waals surface area contributed by atoms with Gasteiger partial charge in [0.25, 0.3) is 11.6 Å². The Kier molecular flexibility index (Phi) is 4.65. The van der Waals surface area contributed by atoms with E-state index in [9.17, 15) is 24.8 Å². The van der Waals surface area contributed by atoms with Gasteiger partial charge in [0.2, 0.25) is 0 Å². The van der Waals surface area contributed by atoms with Crippen LogP contribution in [-0.4, -0.2) is 42.4 Å². The Hall–Kier alpha value is -3.30. The second kappa shape index (κ2) is 6.90. The molecule has 10 heteroatoms. The number of carboxylic acid groups (broad SMARTS) is 1. The van der Waals surface area contributed by atoms with Gasteiger partial charge in [-0.2, -0.15) is 0 Å². The molecule has 1 saturated carbocycles. The molecule has 10 nitrogen and oxygen atoms in total. The zero-order valence-electron chi connectivity index (χ0n) is 13.8. The first-order valence-corrected chi connectivity index (χ1v) is 8.14. The molecule has 3 rings (SSSR count). The number of aliphatic carboxylic acids is 1. The standard InChI is InChI=1S/C16H17N5O5/c22-14(17-16(15(23)24)7-2-1-3-8-16)13-10-20(19-18-13)11-5-4-6-12(9-11)21(25)26/h4-6,9-10H,1-3,7-8H2,(H,17,22)(H,23,24). The smallest absolute Gasteiger partial charge is 0.329 e. The molecule has 1 aliphatic carbocycles. The Labute approximate surface area is 148 Å².